The van der Waals surface area contributed by atoms with Gasteiger partial charge in [0.15, 0.2) is 0 Å². The van der Waals surface area contributed by atoms with E-state index in [9.17, 15) is 27.3 Å². The summed E-state index contributed by atoms with van der Waals surface area (Å²) in [7, 11) is -3.83. The summed E-state index contributed by atoms with van der Waals surface area (Å²) >= 11 is 0. The fraction of sp³-hybridized carbons (Fsp3) is 0.556. The second-order valence-corrected chi connectivity index (χ2v) is 8.78. The summed E-state index contributed by atoms with van der Waals surface area (Å²) in [4.78, 5) is 28.4. The number of anilines is 1. The van der Waals surface area contributed by atoms with E-state index in [2.05, 4.69) is 4.98 Å². The van der Waals surface area contributed by atoms with Crippen LogP contribution in [0.5, 0.6) is 0 Å². The van der Waals surface area contributed by atoms with Gasteiger partial charge in [-0.25, -0.2) is 0 Å². The maximum absolute atomic E-state index is 13.8. The van der Waals surface area contributed by atoms with E-state index in [0.717, 1.165) is 10.6 Å². The average molecular weight is 465 g/mol. The molecule has 0 aliphatic carbocycles. The van der Waals surface area contributed by atoms with Crippen LogP contribution in [0, 0.1) is 0 Å². The van der Waals surface area contributed by atoms with Gasteiger partial charge in [0.05, 0.1) is 48.7 Å². The molecular formula is C18H23F3N3O6P. The third kappa shape index (κ3) is 5.03. The van der Waals surface area contributed by atoms with Crippen LogP contribution in [-0.4, -0.2) is 49.1 Å². The Morgan fingerprint density at radius 1 is 1.13 bits per heavy atom. The predicted octanol–water partition coefficient (Wildman–Crippen LogP) is 2.77. The minimum Gasteiger partial charge on any atom is -0.378 e. The first-order valence-electron chi connectivity index (χ1n) is 9.68. The van der Waals surface area contributed by atoms with E-state index in [1.165, 1.54) is 11.0 Å². The molecule has 1 aromatic carbocycles. The molecule has 1 aliphatic rings. The Hall–Kier alpha value is -2.14. The monoisotopic (exact) mass is 465 g/mol. The number of aromatic amines is 1. The van der Waals surface area contributed by atoms with Crippen LogP contribution in [-0.2, 0) is 30.8 Å². The van der Waals surface area contributed by atoms with Crippen LogP contribution in [0.4, 0.5) is 18.9 Å². The number of nitrogens with zero attached hydrogens (tertiary/aromatic N) is 2. The first-order valence-corrected chi connectivity index (χ1v) is 11.4. The molecular weight excluding hydrogens is 442 g/mol. The molecule has 1 fully saturated rings. The Balaban J connectivity index is 2.27. The molecule has 1 aromatic heterocycles. The number of hydrogen-bond acceptors (Lipinski definition) is 7. The Bertz CT molecular complexity index is 1100. The van der Waals surface area contributed by atoms with Crippen molar-refractivity contribution in [3.63, 3.8) is 0 Å². The van der Waals surface area contributed by atoms with Gasteiger partial charge in [-0.1, -0.05) is 0 Å². The molecule has 0 unspecified atom stereocenters. The van der Waals surface area contributed by atoms with E-state index in [1.54, 1.807) is 13.8 Å². The molecule has 3 rings (SSSR count). The zero-order valence-electron chi connectivity index (χ0n) is 17.0. The van der Waals surface area contributed by atoms with Gasteiger partial charge in [0.25, 0.3) is 0 Å². The van der Waals surface area contributed by atoms with Gasteiger partial charge in [-0.2, -0.15) is 13.2 Å². The van der Waals surface area contributed by atoms with Gasteiger partial charge in [0.2, 0.25) is 0 Å². The molecule has 31 heavy (non-hydrogen) atoms. The first kappa shape index (κ1) is 23.5. The molecule has 2 aromatic rings. The van der Waals surface area contributed by atoms with E-state index in [-0.39, 0.29) is 56.2 Å². The quantitative estimate of drug-likeness (QED) is 0.496. The lowest BCUT2D eigenvalue weighted by Gasteiger charge is -2.31. The highest BCUT2D eigenvalue weighted by Gasteiger charge is 2.36. The molecule has 2 heterocycles. The van der Waals surface area contributed by atoms with Crippen LogP contribution < -0.4 is 16.0 Å². The summed E-state index contributed by atoms with van der Waals surface area (Å²) in [6, 6.07) is 1.95. The number of fused-ring (bicyclic) bond motifs is 1. The van der Waals surface area contributed by atoms with Gasteiger partial charge in [0.1, 0.15) is 6.29 Å². The number of ether oxygens (including phenoxy) is 1. The molecule has 0 amide bonds. The van der Waals surface area contributed by atoms with Crippen LogP contribution in [0.2, 0.25) is 0 Å². The van der Waals surface area contributed by atoms with Crippen LogP contribution >= 0.6 is 7.60 Å². The summed E-state index contributed by atoms with van der Waals surface area (Å²) in [6.45, 7) is 4.13. The Labute approximate surface area is 175 Å². The smallest absolute Gasteiger partial charge is 0.378 e. The lowest BCUT2D eigenvalue weighted by Crippen LogP contribution is -2.39. The number of H-pyrrole nitrogens is 1. The van der Waals surface area contributed by atoms with Crippen molar-refractivity contribution >= 4 is 24.3 Å². The second kappa shape index (κ2) is 9.15. The van der Waals surface area contributed by atoms with E-state index < -0.39 is 36.7 Å². The predicted molar refractivity (Wildman–Crippen MR) is 108 cm³/mol. The molecule has 0 atom stereocenters. The number of rotatable bonds is 7. The molecule has 172 valence electrons. The van der Waals surface area contributed by atoms with Gasteiger partial charge < -0.3 is 23.7 Å². The fourth-order valence-corrected chi connectivity index (χ4v) is 5.08. The Kier molecular flexibility index (Phi) is 6.95. The van der Waals surface area contributed by atoms with Crippen LogP contribution in [0.3, 0.4) is 0 Å². The van der Waals surface area contributed by atoms with Crippen LogP contribution in [0.15, 0.2) is 21.7 Å². The molecule has 13 heteroatoms. The summed E-state index contributed by atoms with van der Waals surface area (Å²) in [5.74, 6) is 0. The molecule has 1 aliphatic heterocycles. The number of alkyl halides is 3. The molecule has 1 N–H and O–H groups in total. The highest BCUT2D eigenvalue weighted by molar-refractivity contribution is 7.52. The SMILES string of the molecule is CCOP(=O)(Cn1c(=O)c(=O)[nH]c2cc(C(F)(F)F)c(N3CCOCC3)cc21)OCC. The van der Waals surface area contributed by atoms with Crippen molar-refractivity contribution in [2.45, 2.75) is 26.3 Å². The zero-order chi connectivity index (χ0) is 22.8. The second-order valence-electron chi connectivity index (χ2n) is 6.76. The number of hydrogen-bond donors (Lipinski definition) is 1. The normalized spacial score (nSPS) is 15.6. The number of morpholine rings is 1. The van der Waals surface area contributed by atoms with E-state index in [0.29, 0.717) is 0 Å². The molecule has 0 bridgehead atoms. The van der Waals surface area contributed by atoms with E-state index in [1.807, 2.05) is 0 Å². The first-order chi connectivity index (χ1) is 14.6. The minimum absolute atomic E-state index is 0.0151. The number of benzene rings is 1. The molecule has 1 saturated heterocycles. The lowest BCUT2D eigenvalue weighted by molar-refractivity contribution is -0.137. The fourth-order valence-electron chi connectivity index (χ4n) is 3.43. The topological polar surface area (TPSA) is 103 Å². The molecule has 0 spiro atoms. The number of halogens is 3. The van der Waals surface area contributed by atoms with Crippen molar-refractivity contribution in [2.75, 3.05) is 44.4 Å². The average Bonchev–Trinajstić information content (AvgIpc) is 2.71. The van der Waals surface area contributed by atoms with Gasteiger partial charge in [0, 0.05) is 13.1 Å². The molecule has 0 radical (unpaired) electrons. The van der Waals surface area contributed by atoms with Gasteiger partial charge in [-0.3, -0.25) is 18.7 Å². The van der Waals surface area contributed by atoms with Crippen LogP contribution in [0.25, 0.3) is 11.0 Å². The molecule has 9 nitrogen and oxygen atoms in total. The van der Waals surface area contributed by atoms with Gasteiger partial charge in [-0.05, 0) is 26.0 Å². The van der Waals surface area contributed by atoms with E-state index in [4.69, 9.17) is 13.8 Å². The van der Waals surface area contributed by atoms with Crippen molar-refractivity contribution in [2.24, 2.45) is 0 Å². The third-order valence-electron chi connectivity index (χ3n) is 4.72. The van der Waals surface area contributed by atoms with Crippen molar-refractivity contribution in [3.8, 4) is 0 Å². The third-order valence-corrected chi connectivity index (χ3v) is 6.65. The van der Waals surface area contributed by atoms with E-state index >= 15 is 0 Å². The van der Waals surface area contributed by atoms with Crippen molar-refractivity contribution in [1.82, 2.24) is 9.55 Å². The Morgan fingerprint density at radius 2 is 1.74 bits per heavy atom. The lowest BCUT2D eigenvalue weighted by atomic mass is 10.1. The highest BCUT2D eigenvalue weighted by Crippen LogP contribution is 2.50. The van der Waals surface area contributed by atoms with Crippen LogP contribution in [0.1, 0.15) is 19.4 Å². The maximum atomic E-state index is 13.8. The largest absolute Gasteiger partial charge is 0.418 e. The summed E-state index contributed by atoms with van der Waals surface area (Å²) < 4.78 is 70.8. The molecule has 0 saturated carbocycles. The minimum atomic E-state index is -4.70. The Morgan fingerprint density at radius 3 is 2.29 bits per heavy atom. The van der Waals surface area contributed by atoms with Crippen molar-refractivity contribution in [1.29, 1.82) is 0 Å². The van der Waals surface area contributed by atoms with Crippen molar-refractivity contribution < 1.29 is 31.5 Å². The standard InChI is InChI=1S/C18H23F3N3O6P/c1-3-29-31(27,30-4-2)11-24-15-10-14(23-5-7-28-8-6-23)12(18(19,20)21)9-13(15)22-16(25)17(24)26/h9-10H,3-8,11H2,1-2H3,(H,22,25). The van der Waals surface area contributed by atoms with Gasteiger partial charge in [-0.15, -0.1) is 0 Å². The maximum Gasteiger partial charge on any atom is 0.418 e. The van der Waals surface area contributed by atoms with Crippen molar-refractivity contribution in [3.05, 3.63) is 38.4 Å². The van der Waals surface area contributed by atoms with Gasteiger partial charge >= 0.3 is 24.9 Å². The summed E-state index contributed by atoms with van der Waals surface area (Å²) in [5.41, 5.74) is -3.56. The highest BCUT2D eigenvalue weighted by atomic mass is 31.2. The number of aromatic nitrogens is 2. The zero-order valence-corrected chi connectivity index (χ0v) is 17.9. The number of nitrogens with one attached hydrogen (secondary N) is 1. The summed E-state index contributed by atoms with van der Waals surface area (Å²) in [5, 5.41) is 0. The summed E-state index contributed by atoms with van der Waals surface area (Å²) in [6.07, 6.45) is -5.31.